The van der Waals surface area contributed by atoms with Gasteiger partial charge in [0.15, 0.2) is 0 Å². The van der Waals surface area contributed by atoms with Gasteiger partial charge in [0.1, 0.15) is 5.82 Å². The molecule has 1 aromatic heterocycles. The number of aromatic nitrogens is 1. The molecule has 0 aliphatic heterocycles. The molecule has 0 spiro atoms. The van der Waals surface area contributed by atoms with Gasteiger partial charge < -0.3 is 10.6 Å². The Morgan fingerprint density at radius 3 is 2.47 bits per heavy atom. The third-order valence-corrected chi connectivity index (χ3v) is 3.34. The van der Waals surface area contributed by atoms with Crippen LogP contribution in [0.5, 0.6) is 0 Å². The Kier molecular flexibility index (Phi) is 3.74. The summed E-state index contributed by atoms with van der Waals surface area (Å²) in [7, 11) is 2.06. The van der Waals surface area contributed by atoms with Crippen molar-refractivity contribution in [2.45, 2.75) is 27.3 Å². The standard InChI is InChI=1S/C16H21N3/c1-11-5-6-14(12(2)7-11)10-19(4)16-13(3)8-15(17)9-18-16/h5-9H,10,17H2,1-4H3. The third-order valence-electron chi connectivity index (χ3n) is 3.34. The second-order valence-corrected chi connectivity index (χ2v) is 5.20. The first kappa shape index (κ1) is 13.4. The minimum Gasteiger partial charge on any atom is -0.397 e. The van der Waals surface area contributed by atoms with E-state index in [1.54, 1.807) is 6.20 Å². The fourth-order valence-corrected chi connectivity index (χ4v) is 2.34. The van der Waals surface area contributed by atoms with Gasteiger partial charge in [-0.25, -0.2) is 4.98 Å². The molecule has 2 rings (SSSR count). The van der Waals surface area contributed by atoms with Crippen molar-refractivity contribution < 1.29 is 0 Å². The maximum absolute atomic E-state index is 5.74. The molecule has 19 heavy (non-hydrogen) atoms. The number of benzene rings is 1. The quantitative estimate of drug-likeness (QED) is 0.915. The molecule has 0 aliphatic rings. The van der Waals surface area contributed by atoms with Gasteiger partial charge in [-0.05, 0) is 43.5 Å². The lowest BCUT2D eigenvalue weighted by Gasteiger charge is -2.21. The van der Waals surface area contributed by atoms with Crippen molar-refractivity contribution in [3.63, 3.8) is 0 Å². The maximum Gasteiger partial charge on any atom is 0.131 e. The van der Waals surface area contributed by atoms with Gasteiger partial charge in [-0.2, -0.15) is 0 Å². The lowest BCUT2D eigenvalue weighted by atomic mass is 10.1. The summed E-state index contributed by atoms with van der Waals surface area (Å²) in [6.07, 6.45) is 1.71. The van der Waals surface area contributed by atoms with E-state index in [9.17, 15) is 0 Å². The van der Waals surface area contributed by atoms with Crippen LogP contribution in [0.25, 0.3) is 0 Å². The van der Waals surface area contributed by atoms with Gasteiger partial charge in [0.05, 0.1) is 11.9 Å². The van der Waals surface area contributed by atoms with Crippen LogP contribution in [0.15, 0.2) is 30.5 Å². The zero-order chi connectivity index (χ0) is 14.0. The van der Waals surface area contributed by atoms with E-state index in [4.69, 9.17) is 5.73 Å². The van der Waals surface area contributed by atoms with Crippen LogP contribution in [0.1, 0.15) is 22.3 Å². The summed E-state index contributed by atoms with van der Waals surface area (Å²) in [5, 5.41) is 0. The average Bonchev–Trinajstić information content (AvgIpc) is 2.32. The normalized spacial score (nSPS) is 10.5. The van der Waals surface area contributed by atoms with Crippen molar-refractivity contribution in [1.29, 1.82) is 0 Å². The van der Waals surface area contributed by atoms with Gasteiger partial charge in [0, 0.05) is 13.6 Å². The van der Waals surface area contributed by atoms with E-state index < -0.39 is 0 Å². The molecule has 0 atom stereocenters. The van der Waals surface area contributed by atoms with Crippen LogP contribution in [0.3, 0.4) is 0 Å². The molecule has 100 valence electrons. The molecule has 0 amide bonds. The molecule has 3 heteroatoms. The number of nitrogens with zero attached hydrogens (tertiary/aromatic N) is 2. The summed E-state index contributed by atoms with van der Waals surface area (Å²) in [6, 6.07) is 8.51. The first-order valence-electron chi connectivity index (χ1n) is 6.47. The second kappa shape index (κ2) is 5.31. The lowest BCUT2D eigenvalue weighted by Crippen LogP contribution is -2.19. The number of pyridine rings is 1. The Morgan fingerprint density at radius 1 is 1.11 bits per heavy atom. The smallest absolute Gasteiger partial charge is 0.131 e. The number of nitrogen functional groups attached to an aromatic ring is 1. The van der Waals surface area contributed by atoms with E-state index in [1.807, 2.05) is 13.0 Å². The van der Waals surface area contributed by atoms with Gasteiger partial charge in [0.2, 0.25) is 0 Å². The molecule has 0 saturated carbocycles. The Hall–Kier alpha value is -2.03. The molecule has 2 aromatic rings. The van der Waals surface area contributed by atoms with Crippen LogP contribution < -0.4 is 10.6 Å². The molecular weight excluding hydrogens is 234 g/mol. The molecule has 0 radical (unpaired) electrons. The van der Waals surface area contributed by atoms with Crippen molar-refractivity contribution in [2.24, 2.45) is 0 Å². The first-order chi connectivity index (χ1) is 8.97. The highest BCUT2D eigenvalue weighted by Gasteiger charge is 2.08. The molecule has 0 fully saturated rings. The molecule has 1 aromatic carbocycles. The molecule has 0 aliphatic carbocycles. The zero-order valence-electron chi connectivity index (χ0n) is 12.1. The highest BCUT2D eigenvalue weighted by Crippen LogP contribution is 2.21. The van der Waals surface area contributed by atoms with E-state index in [-0.39, 0.29) is 0 Å². The Balaban J connectivity index is 2.23. The molecule has 2 N–H and O–H groups in total. The van der Waals surface area contributed by atoms with Crippen molar-refractivity contribution >= 4 is 11.5 Å². The zero-order valence-corrected chi connectivity index (χ0v) is 12.1. The number of nitrogens with two attached hydrogens (primary N) is 1. The second-order valence-electron chi connectivity index (χ2n) is 5.20. The van der Waals surface area contributed by atoms with E-state index >= 15 is 0 Å². The summed E-state index contributed by atoms with van der Waals surface area (Å²) in [4.78, 5) is 6.58. The van der Waals surface area contributed by atoms with Crippen molar-refractivity contribution in [2.75, 3.05) is 17.7 Å². The van der Waals surface area contributed by atoms with Gasteiger partial charge >= 0.3 is 0 Å². The Labute approximate surface area is 115 Å². The van der Waals surface area contributed by atoms with Crippen LogP contribution in [0.2, 0.25) is 0 Å². The molecule has 3 nitrogen and oxygen atoms in total. The predicted octanol–water partition coefficient (Wildman–Crippen LogP) is 3.23. The van der Waals surface area contributed by atoms with E-state index in [0.29, 0.717) is 5.69 Å². The largest absolute Gasteiger partial charge is 0.397 e. The van der Waals surface area contributed by atoms with Crippen molar-refractivity contribution in [1.82, 2.24) is 4.98 Å². The Bertz CT molecular complexity index is 591. The fourth-order valence-electron chi connectivity index (χ4n) is 2.34. The van der Waals surface area contributed by atoms with Crippen LogP contribution in [-0.4, -0.2) is 12.0 Å². The summed E-state index contributed by atoms with van der Waals surface area (Å²) >= 11 is 0. The highest BCUT2D eigenvalue weighted by atomic mass is 15.2. The van der Waals surface area contributed by atoms with Gasteiger partial charge in [0.25, 0.3) is 0 Å². The lowest BCUT2D eigenvalue weighted by molar-refractivity contribution is 0.884. The SMILES string of the molecule is Cc1ccc(CN(C)c2ncc(N)cc2C)c(C)c1. The molecule has 0 bridgehead atoms. The minimum absolute atomic E-state index is 0.709. The van der Waals surface area contributed by atoms with Gasteiger partial charge in [-0.3, -0.25) is 0 Å². The monoisotopic (exact) mass is 255 g/mol. The number of anilines is 2. The first-order valence-corrected chi connectivity index (χ1v) is 6.47. The van der Waals surface area contributed by atoms with Crippen molar-refractivity contribution in [3.05, 3.63) is 52.7 Å². The van der Waals surface area contributed by atoms with Crippen LogP contribution in [0.4, 0.5) is 11.5 Å². The fraction of sp³-hybridized carbons (Fsp3) is 0.312. The molecular formula is C16H21N3. The van der Waals surface area contributed by atoms with Gasteiger partial charge in [-0.1, -0.05) is 23.8 Å². The average molecular weight is 255 g/mol. The van der Waals surface area contributed by atoms with Crippen LogP contribution >= 0.6 is 0 Å². The third kappa shape index (κ3) is 3.05. The number of rotatable bonds is 3. The van der Waals surface area contributed by atoms with E-state index in [1.165, 1.54) is 16.7 Å². The summed E-state index contributed by atoms with van der Waals surface area (Å²) in [5.41, 5.74) is 11.5. The van der Waals surface area contributed by atoms with Crippen molar-refractivity contribution in [3.8, 4) is 0 Å². The molecule has 0 saturated heterocycles. The number of hydrogen-bond acceptors (Lipinski definition) is 3. The molecule has 0 unspecified atom stereocenters. The van der Waals surface area contributed by atoms with Gasteiger partial charge in [-0.15, -0.1) is 0 Å². The summed E-state index contributed by atoms with van der Waals surface area (Å²) < 4.78 is 0. The van der Waals surface area contributed by atoms with E-state index in [0.717, 1.165) is 17.9 Å². The maximum atomic E-state index is 5.74. The van der Waals surface area contributed by atoms with Crippen LogP contribution in [0, 0.1) is 20.8 Å². The minimum atomic E-state index is 0.709. The highest BCUT2D eigenvalue weighted by molar-refractivity contribution is 5.52. The predicted molar refractivity (Wildman–Crippen MR) is 81.4 cm³/mol. The number of aryl methyl sites for hydroxylation is 3. The topological polar surface area (TPSA) is 42.2 Å². The van der Waals surface area contributed by atoms with Crippen LogP contribution in [-0.2, 0) is 6.54 Å². The summed E-state index contributed by atoms with van der Waals surface area (Å²) in [5.74, 6) is 0.981. The molecule has 1 heterocycles. The summed E-state index contributed by atoms with van der Waals surface area (Å²) in [6.45, 7) is 7.16. The van der Waals surface area contributed by atoms with E-state index in [2.05, 4.69) is 49.0 Å². The number of hydrogen-bond donors (Lipinski definition) is 1. The Morgan fingerprint density at radius 2 is 1.84 bits per heavy atom.